The second-order valence-electron chi connectivity index (χ2n) is 7.22. The highest BCUT2D eigenvalue weighted by atomic mass is 16.3. The van der Waals surface area contributed by atoms with Gasteiger partial charge in [0.05, 0.1) is 5.60 Å². The highest BCUT2D eigenvalue weighted by Crippen LogP contribution is 2.32. The number of aliphatic hydroxyl groups is 1. The van der Waals surface area contributed by atoms with Gasteiger partial charge in [-0.05, 0) is 38.2 Å². The minimum Gasteiger partial charge on any atom is -0.388 e. The molecule has 0 saturated heterocycles. The van der Waals surface area contributed by atoms with Crippen molar-refractivity contribution in [1.29, 1.82) is 0 Å². The number of aryl methyl sites for hydroxylation is 1. The maximum atomic E-state index is 12.9. The molecule has 1 aliphatic carbocycles. The molecular weight excluding hydrogens is 292 g/mol. The van der Waals surface area contributed by atoms with Crippen LogP contribution in [0.15, 0.2) is 0 Å². The second-order valence-corrected chi connectivity index (χ2v) is 7.22. The van der Waals surface area contributed by atoms with Crippen LogP contribution in [0.3, 0.4) is 0 Å². The Labute approximate surface area is 138 Å². The molecule has 0 aromatic carbocycles. The van der Waals surface area contributed by atoms with Gasteiger partial charge >= 0.3 is 0 Å². The fourth-order valence-electron chi connectivity index (χ4n) is 3.74. The van der Waals surface area contributed by atoms with E-state index in [9.17, 15) is 14.7 Å². The number of rotatable bonds is 5. The molecule has 0 spiro atoms. The Morgan fingerprint density at radius 2 is 1.87 bits per heavy atom. The zero-order chi connectivity index (χ0) is 17.4. The topological polar surface area (TPSA) is 73.4 Å². The number of nitrogens with zero attached hydrogens (tertiary/aromatic N) is 1. The summed E-state index contributed by atoms with van der Waals surface area (Å²) in [4.78, 5) is 29.5. The molecule has 2 N–H and O–H groups in total. The Bertz CT molecular complexity index is 610. The van der Waals surface area contributed by atoms with Gasteiger partial charge in [-0.15, -0.1) is 0 Å². The summed E-state index contributed by atoms with van der Waals surface area (Å²) < 4.78 is 0. The lowest BCUT2D eigenvalue weighted by atomic mass is 9.95. The number of Topliss-reactive ketones (excluding diaryl/α,β-unsaturated/α-hetero) is 1. The van der Waals surface area contributed by atoms with E-state index in [2.05, 4.69) is 4.98 Å². The van der Waals surface area contributed by atoms with Crippen LogP contribution in [0, 0.1) is 6.92 Å². The minimum atomic E-state index is -0.770. The predicted octanol–water partition coefficient (Wildman–Crippen LogP) is 3.03. The molecule has 1 amide bonds. The Kier molecular flexibility index (Phi) is 4.99. The highest BCUT2D eigenvalue weighted by Gasteiger charge is 2.35. The zero-order valence-electron chi connectivity index (χ0n) is 14.8. The van der Waals surface area contributed by atoms with Crippen LogP contribution in [0.25, 0.3) is 0 Å². The molecule has 0 aliphatic heterocycles. The van der Waals surface area contributed by atoms with Gasteiger partial charge in [-0.25, -0.2) is 0 Å². The standard InChI is InChI=1S/C18H28N2O3/c1-11(2)14-15(13(4)21)12(3)19-16(14)17(22)20(5)10-18(23)8-6-7-9-18/h11,19,23H,6-10H2,1-5H3. The summed E-state index contributed by atoms with van der Waals surface area (Å²) in [6, 6.07) is 0. The van der Waals surface area contributed by atoms with E-state index in [0.29, 0.717) is 17.8 Å². The molecule has 0 radical (unpaired) electrons. The molecule has 5 nitrogen and oxygen atoms in total. The molecule has 23 heavy (non-hydrogen) atoms. The van der Waals surface area contributed by atoms with Gasteiger partial charge in [-0.3, -0.25) is 9.59 Å². The van der Waals surface area contributed by atoms with E-state index in [0.717, 1.165) is 36.9 Å². The number of amides is 1. The quantitative estimate of drug-likeness (QED) is 0.819. The van der Waals surface area contributed by atoms with Crippen molar-refractivity contribution in [2.24, 2.45) is 0 Å². The van der Waals surface area contributed by atoms with Crippen LogP contribution >= 0.6 is 0 Å². The number of aromatic nitrogens is 1. The number of aromatic amines is 1. The van der Waals surface area contributed by atoms with E-state index in [-0.39, 0.29) is 17.6 Å². The minimum absolute atomic E-state index is 0.0291. The Hall–Kier alpha value is -1.62. The first kappa shape index (κ1) is 17.7. The lowest BCUT2D eigenvalue weighted by molar-refractivity contribution is 0.0154. The van der Waals surface area contributed by atoms with Crippen molar-refractivity contribution in [2.45, 2.75) is 64.9 Å². The number of nitrogens with one attached hydrogen (secondary N) is 1. The van der Waals surface area contributed by atoms with Gasteiger partial charge in [-0.1, -0.05) is 26.7 Å². The molecule has 5 heteroatoms. The van der Waals surface area contributed by atoms with E-state index in [1.807, 2.05) is 20.8 Å². The zero-order valence-corrected chi connectivity index (χ0v) is 14.8. The maximum Gasteiger partial charge on any atom is 0.270 e. The van der Waals surface area contributed by atoms with Crippen molar-refractivity contribution in [2.75, 3.05) is 13.6 Å². The monoisotopic (exact) mass is 320 g/mol. The molecule has 0 bridgehead atoms. The summed E-state index contributed by atoms with van der Waals surface area (Å²) in [6.45, 7) is 7.65. The van der Waals surface area contributed by atoms with Gasteiger partial charge in [0.25, 0.3) is 5.91 Å². The van der Waals surface area contributed by atoms with Crippen molar-refractivity contribution in [3.63, 3.8) is 0 Å². The van der Waals surface area contributed by atoms with Gasteiger partial charge in [0, 0.05) is 24.8 Å². The van der Waals surface area contributed by atoms with Crippen molar-refractivity contribution in [3.05, 3.63) is 22.5 Å². The van der Waals surface area contributed by atoms with E-state index in [1.165, 1.54) is 6.92 Å². The summed E-state index contributed by atoms with van der Waals surface area (Å²) in [7, 11) is 1.71. The van der Waals surface area contributed by atoms with Crippen molar-refractivity contribution in [1.82, 2.24) is 9.88 Å². The molecule has 128 valence electrons. The lowest BCUT2D eigenvalue weighted by Gasteiger charge is -2.28. The number of carbonyl (C=O) groups excluding carboxylic acids is 2. The smallest absolute Gasteiger partial charge is 0.270 e. The van der Waals surface area contributed by atoms with E-state index < -0.39 is 5.60 Å². The van der Waals surface area contributed by atoms with E-state index in [4.69, 9.17) is 0 Å². The molecule has 2 rings (SSSR count). The van der Waals surface area contributed by atoms with Gasteiger partial charge in [0.15, 0.2) is 5.78 Å². The molecule has 0 atom stereocenters. The van der Waals surface area contributed by atoms with Crippen LogP contribution in [0.2, 0.25) is 0 Å². The van der Waals surface area contributed by atoms with E-state index in [1.54, 1.807) is 11.9 Å². The fraction of sp³-hybridized carbons (Fsp3) is 0.667. The van der Waals surface area contributed by atoms with Gasteiger partial charge < -0.3 is 15.0 Å². The number of hydrogen-bond donors (Lipinski definition) is 2. The third-order valence-electron chi connectivity index (χ3n) is 4.78. The molecule has 1 aromatic rings. The third-order valence-corrected chi connectivity index (χ3v) is 4.78. The molecule has 1 heterocycles. The summed E-state index contributed by atoms with van der Waals surface area (Å²) in [6.07, 6.45) is 3.49. The molecule has 1 saturated carbocycles. The average molecular weight is 320 g/mol. The summed E-state index contributed by atoms with van der Waals surface area (Å²) in [5.41, 5.74) is 1.85. The van der Waals surface area contributed by atoms with Gasteiger partial charge in [-0.2, -0.15) is 0 Å². The molecule has 1 aliphatic rings. The van der Waals surface area contributed by atoms with Gasteiger partial charge in [0.2, 0.25) is 0 Å². The SMILES string of the molecule is CC(=O)c1c(C)[nH]c(C(=O)N(C)CC2(O)CCCC2)c1C(C)C. The summed E-state index contributed by atoms with van der Waals surface area (Å²) in [5, 5.41) is 10.5. The predicted molar refractivity (Wildman–Crippen MR) is 90.0 cm³/mol. The van der Waals surface area contributed by atoms with Crippen molar-refractivity contribution >= 4 is 11.7 Å². The summed E-state index contributed by atoms with van der Waals surface area (Å²) >= 11 is 0. The maximum absolute atomic E-state index is 12.9. The first-order valence-corrected chi connectivity index (χ1v) is 8.37. The van der Waals surface area contributed by atoms with E-state index >= 15 is 0 Å². The Morgan fingerprint density at radius 3 is 2.35 bits per heavy atom. The van der Waals surface area contributed by atoms with Gasteiger partial charge in [0.1, 0.15) is 5.69 Å². The number of hydrogen-bond acceptors (Lipinski definition) is 3. The van der Waals surface area contributed by atoms with Crippen LogP contribution in [-0.2, 0) is 0 Å². The third kappa shape index (κ3) is 3.50. The normalized spacial score (nSPS) is 16.8. The number of ketones is 1. The first-order chi connectivity index (χ1) is 10.7. The number of carbonyl (C=O) groups is 2. The van der Waals surface area contributed by atoms with Crippen LogP contribution in [0.4, 0.5) is 0 Å². The van der Waals surface area contributed by atoms with Crippen molar-refractivity contribution in [3.8, 4) is 0 Å². The highest BCUT2D eigenvalue weighted by molar-refractivity contribution is 6.03. The fourth-order valence-corrected chi connectivity index (χ4v) is 3.74. The lowest BCUT2D eigenvalue weighted by Crippen LogP contribution is -2.42. The van der Waals surface area contributed by atoms with Crippen molar-refractivity contribution < 1.29 is 14.7 Å². The Morgan fingerprint density at radius 1 is 1.30 bits per heavy atom. The molecule has 1 aromatic heterocycles. The Balaban J connectivity index is 2.31. The molecule has 1 fully saturated rings. The summed E-state index contributed by atoms with van der Waals surface area (Å²) in [5.74, 6) is -0.121. The second kappa shape index (κ2) is 6.48. The van der Waals surface area contributed by atoms with Crippen LogP contribution in [0.5, 0.6) is 0 Å². The number of H-pyrrole nitrogens is 1. The van der Waals surface area contributed by atoms with Crippen LogP contribution in [0.1, 0.15) is 84.5 Å². The molecule has 0 unspecified atom stereocenters. The largest absolute Gasteiger partial charge is 0.388 e. The number of likely N-dealkylation sites (N-methyl/N-ethyl adjacent to an activating group) is 1. The molecular formula is C18H28N2O3. The van der Waals surface area contributed by atoms with Crippen LogP contribution in [-0.4, -0.2) is 45.9 Å². The first-order valence-electron chi connectivity index (χ1n) is 8.37. The average Bonchev–Trinajstić information content (AvgIpc) is 3.01. The van der Waals surface area contributed by atoms with Crippen LogP contribution < -0.4 is 0 Å².